The zero-order chi connectivity index (χ0) is 18.2. The van der Waals surface area contributed by atoms with Crippen molar-refractivity contribution in [3.63, 3.8) is 0 Å². The van der Waals surface area contributed by atoms with Crippen molar-refractivity contribution in [3.05, 3.63) is 23.8 Å². The summed E-state index contributed by atoms with van der Waals surface area (Å²) < 4.78 is 25.8. The number of aromatic nitrogens is 1. The summed E-state index contributed by atoms with van der Waals surface area (Å²) >= 11 is 1.45. The van der Waals surface area contributed by atoms with Crippen molar-refractivity contribution in [1.29, 1.82) is 0 Å². The first-order valence-corrected chi connectivity index (χ1v) is 11.1. The third-order valence-corrected chi connectivity index (χ3v) is 6.74. The van der Waals surface area contributed by atoms with Crippen molar-refractivity contribution in [2.24, 2.45) is 5.92 Å². The lowest BCUT2D eigenvalue weighted by Crippen LogP contribution is -2.43. The Hall–Kier alpha value is -1.51. The van der Waals surface area contributed by atoms with Gasteiger partial charge in [0, 0.05) is 13.1 Å². The molecule has 1 aromatic heterocycles. The van der Waals surface area contributed by atoms with Crippen molar-refractivity contribution in [2.45, 2.75) is 32.6 Å². The fourth-order valence-electron chi connectivity index (χ4n) is 3.02. The predicted octanol–water partition coefficient (Wildman–Crippen LogP) is 3.03. The molecular formula is C17H23N3O3S2. The summed E-state index contributed by atoms with van der Waals surface area (Å²) in [5.41, 5.74) is 2.11. The summed E-state index contributed by atoms with van der Waals surface area (Å²) in [6.07, 6.45) is 2.58. The van der Waals surface area contributed by atoms with Crippen LogP contribution in [0.4, 0.5) is 5.13 Å². The monoisotopic (exact) mass is 381 g/mol. The summed E-state index contributed by atoms with van der Waals surface area (Å²) in [6.45, 7) is 5.01. The zero-order valence-electron chi connectivity index (χ0n) is 14.7. The minimum Gasteiger partial charge on any atom is -0.302 e. The highest BCUT2D eigenvalue weighted by atomic mass is 32.2. The number of nitrogens with zero attached hydrogens (tertiary/aromatic N) is 2. The Labute approximate surface area is 152 Å². The van der Waals surface area contributed by atoms with Crippen molar-refractivity contribution >= 4 is 42.6 Å². The van der Waals surface area contributed by atoms with Gasteiger partial charge in [-0.3, -0.25) is 4.79 Å². The van der Waals surface area contributed by atoms with E-state index < -0.39 is 10.0 Å². The van der Waals surface area contributed by atoms with Gasteiger partial charge < -0.3 is 5.32 Å². The van der Waals surface area contributed by atoms with Gasteiger partial charge in [-0.25, -0.2) is 17.7 Å². The number of hydrogen-bond acceptors (Lipinski definition) is 5. The molecule has 0 aliphatic carbocycles. The molecule has 1 N–H and O–H groups in total. The highest BCUT2D eigenvalue weighted by molar-refractivity contribution is 7.88. The van der Waals surface area contributed by atoms with Crippen LogP contribution in [0.3, 0.4) is 0 Å². The molecule has 3 rings (SSSR count). The third-order valence-electron chi connectivity index (χ3n) is 4.53. The van der Waals surface area contributed by atoms with E-state index in [0.29, 0.717) is 30.4 Å². The number of thiazole rings is 1. The van der Waals surface area contributed by atoms with Crippen molar-refractivity contribution in [1.82, 2.24) is 9.29 Å². The molecule has 1 fully saturated rings. The van der Waals surface area contributed by atoms with Crippen LogP contribution in [0.15, 0.2) is 18.2 Å². The number of sulfonamides is 1. The van der Waals surface area contributed by atoms with Gasteiger partial charge in [0.25, 0.3) is 0 Å². The fraction of sp³-hybridized carbons (Fsp3) is 0.529. The molecule has 1 aromatic carbocycles. The Kier molecular flexibility index (Phi) is 5.13. The first-order chi connectivity index (χ1) is 11.7. The number of benzene rings is 1. The van der Waals surface area contributed by atoms with Gasteiger partial charge in [-0.05, 0) is 36.5 Å². The van der Waals surface area contributed by atoms with E-state index in [1.807, 2.05) is 6.07 Å². The third kappa shape index (κ3) is 4.19. The van der Waals surface area contributed by atoms with Crippen molar-refractivity contribution in [2.75, 3.05) is 24.7 Å². The Balaban J connectivity index is 1.73. The smallest absolute Gasteiger partial charge is 0.230 e. The van der Waals surface area contributed by atoms with Crippen molar-refractivity contribution < 1.29 is 13.2 Å². The lowest BCUT2D eigenvalue weighted by Gasteiger charge is -2.29. The summed E-state index contributed by atoms with van der Waals surface area (Å²) in [4.78, 5) is 17.0. The second kappa shape index (κ2) is 7.01. The number of hydrogen-bond donors (Lipinski definition) is 1. The van der Waals surface area contributed by atoms with E-state index in [9.17, 15) is 13.2 Å². The Morgan fingerprint density at radius 2 is 2.16 bits per heavy atom. The quantitative estimate of drug-likeness (QED) is 0.883. The number of nitrogens with one attached hydrogen (secondary N) is 1. The van der Waals surface area contributed by atoms with Crippen LogP contribution in [0.5, 0.6) is 0 Å². The van der Waals surface area contributed by atoms with Gasteiger partial charge in [-0.15, -0.1) is 0 Å². The number of carbonyl (C=O) groups excluding carboxylic acids is 1. The normalized spacial score (nSPS) is 19.4. The summed E-state index contributed by atoms with van der Waals surface area (Å²) in [5.74, 6) is -0.0491. The highest BCUT2D eigenvalue weighted by Gasteiger charge is 2.30. The molecule has 1 unspecified atom stereocenters. The van der Waals surface area contributed by atoms with Crippen LogP contribution >= 0.6 is 11.3 Å². The molecule has 2 aromatic rings. The van der Waals surface area contributed by atoms with Crippen LogP contribution < -0.4 is 5.32 Å². The summed E-state index contributed by atoms with van der Waals surface area (Å²) in [7, 11) is -3.26. The van der Waals surface area contributed by atoms with Gasteiger partial charge >= 0.3 is 0 Å². The number of fused-ring (bicyclic) bond motifs is 1. The maximum Gasteiger partial charge on any atom is 0.230 e. The zero-order valence-corrected chi connectivity index (χ0v) is 16.3. The van der Waals surface area contributed by atoms with E-state index in [1.165, 1.54) is 27.5 Å². The standard InChI is InChI=1S/C17H23N3O3S2/c1-11(2)12-6-7-14-15(9-12)24-17(18-14)19-16(21)13-5-4-8-20(10-13)25(3,22)23/h6-7,9,11,13H,4-5,8,10H2,1-3H3,(H,18,19,21). The molecule has 6 nitrogen and oxygen atoms in total. The number of amides is 1. The Bertz CT molecular complexity index is 890. The molecule has 0 bridgehead atoms. The number of anilines is 1. The molecule has 0 saturated carbocycles. The molecule has 2 heterocycles. The molecule has 1 amide bonds. The second-order valence-electron chi connectivity index (χ2n) is 6.85. The lowest BCUT2D eigenvalue weighted by molar-refractivity contribution is -0.120. The van der Waals surface area contributed by atoms with Gasteiger partial charge in [0.2, 0.25) is 15.9 Å². The van der Waals surface area contributed by atoms with Crippen LogP contribution in [-0.2, 0) is 14.8 Å². The molecule has 1 aliphatic heterocycles. The van der Waals surface area contributed by atoms with Crippen LogP contribution in [0, 0.1) is 5.92 Å². The van der Waals surface area contributed by atoms with Gasteiger partial charge in [0.1, 0.15) is 0 Å². The number of rotatable bonds is 4. The molecule has 1 saturated heterocycles. The first-order valence-electron chi connectivity index (χ1n) is 8.40. The first kappa shape index (κ1) is 18.3. The molecule has 1 atom stereocenters. The Morgan fingerprint density at radius 1 is 1.40 bits per heavy atom. The molecule has 0 radical (unpaired) electrons. The van der Waals surface area contributed by atoms with E-state index in [0.717, 1.165) is 10.2 Å². The maximum atomic E-state index is 12.5. The molecule has 1 aliphatic rings. The molecular weight excluding hydrogens is 358 g/mol. The van der Waals surface area contributed by atoms with Crippen LogP contribution in [-0.4, -0.2) is 43.0 Å². The molecule has 8 heteroatoms. The minimum absolute atomic E-state index is 0.156. The van der Waals surface area contributed by atoms with Gasteiger partial charge in [0.15, 0.2) is 5.13 Å². The SMILES string of the molecule is CC(C)c1ccc2nc(NC(=O)C3CCCN(S(C)(=O)=O)C3)sc2c1. The topological polar surface area (TPSA) is 79.4 Å². The van der Waals surface area contributed by atoms with E-state index in [1.54, 1.807) is 0 Å². The second-order valence-corrected chi connectivity index (χ2v) is 9.86. The lowest BCUT2D eigenvalue weighted by atomic mass is 9.99. The van der Waals surface area contributed by atoms with Crippen LogP contribution in [0.1, 0.15) is 38.2 Å². The van der Waals surface area contributed by atoms with E-state index >= 15 is 0 Å². The predicted molar refractivity (Wildman–Crippen MR) is 101 cm³/mol. The molecule has 0 spiro atoms. The van der Waals surface area contributed by atoms with Gasteiger partial charge in [-0.2, -0.15) is 0 Å². The average molecular weight is 382 g/mol. The van der Waals surface area contributed by atoms with Crippen molar-refractivity contribution in [3.8, 4) is 0 Å². The van der Waals surface area contributed by atoms with E-state index in [4.69, 9.17) is 0 Å². The number of carbonyl (C=O) groups is 1. The van der Waals surface area contributed by atoms with E-state index in [2.05, 4.69) is 36.3 Å². The van der Waals surface area contributed by atoms with Crippen LogP contribution in [0.25, 0.3) is 10.2 Å². The highest BCUT2D eigenvalue weighted by Crippen LogP contribution is 2.30. The maximum absolute atomic E-state index is 12.5. The summed E-state index contributed by atoms with van der Waals surface area (Å²) in [6, 6.07) is 6.14. The van der Waals surface area contributed by atoms with Crippen LogP contribution in [0.2, 0.25) is 0 Å². The average Bonchev–Trinajstić information content (AvgIpc) is 2.95. The van der Waals surface area contributed by atoms with Gasteiger partial charge in [-0.1, -0.05) is 31.3 Å². The Morgan fingerprint density at radius 3 is 2.84 bits per heavy atom. The minimum atomic E-state index is -3.26. The number of piperidine rings is 1. The van der Waals surface area contributed by atoms with Gasteiger partial charge in [0.05, 0.1) is 22.4 Å². The fourth-order valence-corrected chi connectivity index (χ4v) is 4.85. The van der Waals surface area contributed by atoms with E-state index in [-0.39, 0.29) is 18.4 Å². The largest absolute Gasteiger partial charge is 0.302 e. The summed E-state index contributed by atoms with van der Waals surface area (Å²) in [5, 5.41) is 3.44. The molecule has 136 valence electrons. The molecule has 25 heavy (non-hydrogen) atoms.